The first-order valence-corrected chi connectivity index (χ1v) is 27.2. The van der Waals surface area contributed by atoms with Crippen molar-refractivity contribution in [2.45, 2.75) is 290 Å². The first kappa shape index (κ1) is 59.9. The second-order valence-corrected chi connectivity index (χ2v) is 18.3. The van der Waals surface area contributed by atoms with Crippen LogP contribution >= 0.6 is 0 Å². The fourth-order valence-corrected chi connectivity index (χ4v) is 7.97. The van der Waals surface area contributed by atoms with Crippen molar-refractivity contribution in [3.05, 3.63) is 48.6 Å². The second-order valence-electron chi connectivity index (χ2n) is 18.3. The highest BCUT2D eigenvalue weighted by atomic mass is 16.6. The van der Waals surface area contributed by atoms with Crippen LogP contribution in [0.15, 0.2) is 48.6 Å². The number of allylic oxidation sites excluding steroid dienone is 8. The van der Waals surface area contributed by atoms with E-state index in [2.05, 4.69) is 62.5 Å². The van der Waals surface area contributed by atoms with Crippen molar-refractivity contribution in [1.29, 1.82) is 0 Å². The summed E-state index contributed by atoms with van der Waals surface area (Å²) in [6.07, 6.45) is 69.3. The van der Waals surface area contributed by atoms with Crippen LogP contribution in [0.25, 0.3) is 0 Å². The molecule has 1 unspecified atom stereocenters. The van der Waals surface area contributed by atoms with E-state index in [4.69, 9.17) is 9.47 Å². The van der Waals surface area contributed by atoms with Gasteiger partial charge in [-0.05, 0) is 77.0 Å². The molecule has 62 heavy (non-hydrogen) atoms. The minimum atomic E-state index is -0.774. The number of ether oxygens (including phenoxy) is 2. The molecule has 0 bridgehead atoms. The monoisotopic (exact) mass is 869 g/mol. The summed E-state index contributed by atoms with van der Waals surface area (Å²) >= 11 is 0. The van der Waals surface area contributed by atoms with Gasteiger partial charge in [0.05, 0.1) is 6.61 Å². The molecule has 0 rings (SSSR count). The third-order valence-corrected chi connectivity index (χ3v) is 12.1. The van der Waals surface area contributed by atoms with Crippen LogP contribution in [0.1, 0.15) is 284 Å². The van der Waals surface area contributed by atoms with Crippen LogP contribution in [0.2, 0.25) is 0 Å². The topological polar surface area (TPSA) is 72.8 Å². The van der Waals surface area contributed by atoms with Crippen molar-refractivity contribution in [2.24, 2.45) is 0 Å². The lowest BCUT2D eigenvalue weighted by molar-refractivity contribution is -0.161. The number of aliphatic hydroxyl groups excluding tert-OH is 1. The Morgan fingerprint density at radius 1 is 0.371 bits per heavy atom. The molecule has 0 saturated carbocycles. The van der Waals surface area contributed by atoms with E-state index in [1.807, 2.05) is 0 Å². The van der Waals surface area contributed by atoms with E-state index < -0.39 is 6.10 Å². The Labute approximate surface area is 386 Å². The molecule has 0 heterocycles. The van der Waals surface area contributed by atoms with E-state index in [-0.39, 0.29) is 25.2 Å². The number of aliphatic hydroxyl groups is 1. The summed E-state index contributed by atoms with van der Waals surface area (Å²) in [5.74, 6) is -0.583. The van der Waals surface area contributed by atoms with Gasteiger partial charge in [0.1, 0.15) is 6.61 Å². The SMILES string of the molecule is CCCCCCC/C=C\C/C=C\CCCCCCCCCCCCCCCC(=O)OC(CO)COC(=O)CCCCCCCCCCCCC/C=C\C/C=C\CCCCCCC. The van der Waals surface area contributed by atoms with Crippen LogP contribution in [0, 0.1) is 0 Å². The smallest absolute Gasteiger partial charge is 0.306 e. The predicted molar refractivity (Wildman–Crippen MR) is 270 cm³/mol. The summed E-state index contributed by atoms with van der Waals surface area (Å²) < 4.78 is 10.7. The highest BCUT2D eigenvalue weighted by Gasteiger charge is 2.16. The van der Waals surface area contributed by atoms with Crippen molar-refractivity contribution in [2.75, 3.05) is 13.2 Å². The van der Waals surface area contributed by atoms with E-state index >= 15 is 0 Å². The van der Waals surface area contributed by atoms with Crippen molar-refractivity contribution in [3.63, 3.8) is 0 Å². The maximum atomic E-state index is 12.3. The molecular weight excluding hydrogens is 765 g/mol. The Balaban J connectivity index is 3.48. The Kier molecular flexibility index (Phi) is 51.4. The Bertz CT molecular complexity index is 1030. The molecule has 0 aromatic heterocycles. The summed E-state index contributed by atoms with van der Waals surface area (Å²) in [6.45, 7) is 4.15. The molecule has 5 heteroatoms. The molecule has 0 aromatic carbocycles. The van der Waals surface area contributed by atoms with E-state index in [0.29, 0.717) is 12.8 Å². The van der Waals surface area contributed by atoms with E-state index in [9.17, 15) is 14.7 Å². The zero-order chi connectivity index (χ0) is 44.9. The van der Waals surface area contributed by atoms with Gasteiger partial charge < -0.3 is 14.6 Å². The first-order chi connectivity index (χ1) is 30.6. The molecule has 0 fully saturated rings. The molecule has 0 aliphatic heterocycles. The highest BCUT2D eigenvalue weighted by molar-refractivity contribution is 5.70. The molecule has 0 radical (unpaired) electrons. The van der Waals surface area contributed by atoms with Gasteiger partial charge in [-0.3, -0.25) is 9.59 Å². The molecule has 0 aliphatic carbocycles. The molecule has 5 nitrogen and oxygen atoms in total. The van der Waals surface area contributed by atoms with Gasteiger partial charge in [0, 0.05) is 12.8 Å². The molecular formula is C57H104O5. The molecule has 1 atom stereocenters. The number of esters is 2. The van der Waals surface area contributed by atoms with Crippen molar-refractivity contribution in [3.8, 4) is 0 Å². The number of hydrogen-bond acceptors (Lipinski definition) is 5. The minimum absolute atomic E-state index is 0.0655. The third kappa shape index (κ3) is 50.5. The second kappa shape index (κ2) is 53.2. The standard InChI is InChI=1S/C57H104O5/c1-3-5-7-9-11-13-15-17-19-21-23-25-27-28-30-32-34-36-38-40-42-44-46-48-50-52-57(60)62-55(53-58)54-61-56(59)51-49-47-45-43-41-39-37-35-33-31-29-26-24-22-20-18-16-14-12-10-8-6-4-2/h15-18,21-24,55,58H,3-14,19-20,25-54H2,1-2H3/b17-15-,18-16-,23-21-,24-22-. The van der Waals surface area contributed by atoms with Crippen molar-refractivity contribution >= 4 is 11.9 Å². The zero-order valence-electron chi connectivity index (χ0n) is 41.4. The average molecular weight is 869 g/mol. The van der Waals surface area contributed by atoms with Gasteiger partial charge in [-0.1, -0.05) is 242 Å². The average Bonchev–Trinajstić information content (AvgIpc) is 3.28. The first-order valence-electron chi connectivity index (χ1n) is 27.2. The van der Waals surface area contributed by atoms with Crippen LogP contribution in [-0.4, -0.2) is 36.4 Å². The van der Waals surface area contributed by atoms with Gasteiger partial charge in [-0.25, -0.2) is 0 Å². The van der Waals surface area contributed by atoms with Crippen LogP contribution in [0.5, 0.6) is 0 Å². The van der Waals surface area contributed by atoms with Crippen LogP contribution < -0.4 is 0 Å². The van der Waals surface area contributed by atoms with Crippen molar-refractivity contribution in [1.82, 2.24) is 0 Å². The third-order valence-electron chi connectivity index (χ3n) is 12.1. The molecule has 0 aliphatic rings. The van der Waals surface area contributed by atoms with E-state index in [1.165, 1.54) is 205 Å². The molecule has 1 N–H and O–H groups in total. The predicted octanol–water partition coefficient (Wildman–Crippen LogP) is 18.1. The normalized spacial score (nSPS) is 12.5. The molecule has 362 valence electrons. The van der Waals surface area contributed by atoms with E-state index in [1.54, 1.807) is 0 Å². The summed E-state index contributed by atoms with van der Waals surface area (Å²) in [6, 6.07) is 0. The van der Waals surface area contributed by atoms with Gasteiger partial charge in [0.2, 0.25) is 0 Å². The van der Waals surface area contributed by atoms with Crippen LogP contribution in [0.4, 0.5) is 0 Å². The molecule has 0 aromatic rings. The van der Waals surface area contributed by atoms with Gasteiger partial charge in [0.15, 0.2) is 6.10 Å². The lowest BCUT2D eigenvalue weighted by atomic mass is 10.0. The van der Waals surface area contributed by atoms with Gasteiger partial charge in [-0.15, -0.1) is 0 Å². The maximum absolute atomic E-state index is 12.3. The summed E-state index contributed by atoms with van der Waals surface area (Å²) in [5, 5.41) is 9.64. The lowest BCUT2D eigenvalue weighted by Gasteiger charge is -2.15. The maximum Gasteiger partial charge on any atom is 0.306 e. The summed E-state index contributed by atoms with van der Waals surface area (Å²) in [4.78, 5) is 24.5. The van der Waals surface area contributed by atoms with Crippen LogP contribution in [0.3, 0.4) is 0 Å². The number of unbranched alkanes of at least 4 members (excludes halogenated alkanes) is 34. The Hall–Kier alpha value is -2.14. The lowest BCUT2D eigenvalue weighted by Crippen LogP contribution is -2.28. The highest BCUT2D eigenvalue weighted by Crippen LogP contribution is 2.16. The van der Waals surface area contributed by atoms with E-state index in [0.717, 1.165) is 51.4 Å². The number of rotatable bonds is 50. The summed E-state index contributed by atoms with van der Waals surface area (Å²) in [7, 11) is 0. The fraction of sp³-hybridized carbons (Fsp3) is 0.825. The largest absolute Gasteiger partial charge is 0.462 e. The van der Waals surface area contributed by atoms with Gasteiger partial charge in [-0.2, -0.15) is 0 Å². The quantitative estimate of drug-likeness (QED) is 0.0375. The summed E-state index contributed by atoms with van der Waals surface area (Å²) in [5.41, 5.74) is 0. The fourth-order valence-electron chi connectivity index (χ4n) is 7.97. The van der Waals surface area contributed by atoms with Gasteiger partial charge >= 0.3 is 11.9 Å². The number of hydrogen-bond donors (Lipinski definition) is 1. The van der Waals surface area contributed by atoms with Crippen molar-refractivity contribution < 1.29 is 24.2 Å². The Morgan fingerprint density at radius 3 is 0.952 bits per heavy atom. The number of carbonyl (C=O) groups is 2. The van der Waals surface area contributed by atoms with Gasteiger partial charge in [0.25, 0.3) is 0 Å². The zero-order valence-corrected chi connectivity index (χ0v) is 41.4. The minimum Gasteiger partial charge on any atom is -0.462 e. The molecule has 0 amide bonds. The molecule has 0 saturated heterocycles. The van der Waals surface area contributed by atoms with Crippen LogP contribution in [-0.2, 0) is 19.1 Å². The molecule has 0 spiro atoms. The Morgan fingerprint density at radius 2 is 0.645 bits per heavy atom. The number of carbonyl (C=O) groups excluding carboxylic acids is 2.